The van der Waals surface area contributed by atoms with Crippen LogP contribution in [-0.4, -0.2) is 37.6 Å². The molecule has 90 valence electrons. The van der Waals surface area contributed by atoms with E-state index in [-0.39, 0.29) is 0 Å². The molecular weight excluding hydrogens is 184 g/mol. The van der Waals surface area contributed by atoms with Crippen molar-refractivity contribution in [3.8, 4) is 0 Å². The van der Waals surface area contributed by atoms with Crippen LogP contribution in [0.15, 0.2) is 0 Å². The first-order valence-electron chi connectivity index (χ1n) is 6.64. The molecule has 1 saturated carbocycles. The third kappa shape index (κ3) is 6.91. The summed E-state index contributed by atoms with van der Waals surface area (Å²) >= 11 is 0. The van der Waals surface area contributed by atoms with Crippen LogP contribution in [0.25, 0.3) is 0 Å². The maximum atomic E-state index is 3.60. The third-order valence-electron chi connectivity index (χ3n) is 3.10. The summed E-state index contributed by atoms with van der Waals surface area (Å²) in [5.41, 5.74) is 0. The topological polar surface area (TPSA) is 15.3 Å². The zero-order chi connectivity index (χ0) is 11.1. The molecule has 1 aliphatic carbocycles. The van der Waals surface area contributed by atoms with E-state index in [1.165, 1.54) is 51.7 Å². The molecule has 0 spiro atoms. The van der Waals surface area contributed by atoms with Crippen LogP contribution >= 0.6 is 0 Å². The van der Waals surface area contributed by atoms with E-state index in [0.29, 0.717) is 0 Å². The summed E-state index contributed by atoms with van der Waals surface area (Å²) in [6, 6.07) is 0.859. The van der Waals surface area contributed by atoms with E-state index in [1.54, 1.807) is 0 Å². The smallest absolute Gasteiger partial charge is 0.00683 e. The summed E-state index contributed by atoms with van der Waals surface area (Å²) in [6.07, 6.45) is 6.86. The van der Waals surface area contributed by atoms with Crippen molar-refractivity contribution in [1.82, 2.24) is 10.2 Å². The van der Waals surface area contributed by atoms with Crippen LogP contribution in [0.4, 0.5) is 0 Å². The van der Waals surface area contributed by atoms with Gasteiger partial charge in [0.25, 0.3) is 0 Å². The largest absolute Gasteiger partial charge is 0.314 e. The molecule has 0 bridgehead atoms. The van der Waals surface area contributed by atoms with Crippen LogP contribution < -0.4 is 5.32 Å². The standard InChI is InChI=1S/C13H28N2/c1-4-5-6-9-15(3)11-12(2)10-14-13-7-8-13/h12-14H,4-11H2,1-3H3. The average molecular weight is 212 g/mol. The number of hydrogen-bond acceptors (Lipinski definition) is 2. The van der Waals surface area contributed by atoms with Gasteiger partial charge in [-0.1, -0.05) is 26.7 Å². The molecule has 0 aromatic heterocycles. The second-order valence-electron chi connectivity index (χ2n) is 5.26. The number of unbranched alkanes of at least 4 members (excludes halogenated alkanes) is 2. The van der Waals surface area contributed by atoms with Crippen LogP contribution in [0.3, 0.4) is 0 Å². The van der Waals surface area contributed by atoms with E-state index in [4.69, 9.17) is 0 Å². The molecule has 15 heavy (non-hydrogen) atoms. The highest BCUT2D eigenvalue weighted by Crippen LogP contribution is 2.18. The molecular formula is C13H28N2. The lowest BCUT2D eigenvalue weighted by Gasteiger charge is -2.21. The Hall–Kier alpha value is -0.0800. The molecule has 1 unspecified atom stereocenters. The lowest BCUT2D eigenvalue weighted by Crippen LogP contribution is -2.32. The van der Waals surface area contributed by atoms with Gasteiger partial charge in [0.2, 0.25) is 0 Å². The molecule has 1 rings (SSSR count). The first kappa shape index (κ1) is 13.0. The number of hydrogen-bond donors (Lipinski definition) is 1. The van der Waals surface area contributed by atoms with Gasteiger partial charge in [0, 0.05) is 12.6 Å². The van der Waals surface area contributed by atoms with Crippen molar-refractivity contribution in [2.75, 3.05) is 26.7 Å². The predicted molar refractivity (Wildman–Crippen MR) is 67.2 cm³/mol. The lowest BCUT2D eigenvalue weighted by molar-refractivity contribution is 0.275. The fraction of sp³-hybridized carbons (Fsp3) is 1.00. The Morgan fingerprint density at radius 2 is 2.07 bits per heavy atom. The molecule has 2 nitrogen and oxygen atoms in total. The molecule has 1 N–H and O–H groups in total. The van der Waals surface area contributed by atoms with Gasteiger partial charge in [-0.15, -0.1) is 0 Å². The van der Waals surface area contributed by atoms with E-state index in [2.05, 4.69) is 31.1 Å². The molecule has 0 saturated heterocycles. The van der Waals surface area contributed by atoms with Crippen molar-refractivity contribution in [2.45, 2.75) is 52.0 Å². The maximum Gasteiger partial charge on any atom is 0.00683 e. The molecule has 1 aliphatic rings. The SMILES string of the molecule is CCCCCN(C)CC(C)CNC1CC1. The number of nitrogens with zero attached hydrogens (tertiary/aromatic N) is 1. The average Bonchev–Trinajstić information content (AvgIpc) is 2.98. The molecule has 0 aromatic rings. The predicted octanol–water partition coefficient (Wildman–Crippen LogP) is 2.50. The van der Waals surface area contributed by atoms with Gasteiger partial charge < -0.3 is 10.2 Å². The minimum Gasteiger partial charge on any atom is -0.314 e. The Labute approximate surface area is 95.4 Å². The summed E-state index contributed by atoms with van der Waals surface area (Å²) < 4.78 is 0. The van der Waals surface area contributed by atoms with E-state index >= 15 is 0 Å². The Kier molecular flexibility index (Phi) is 6.26. The Bertz CT molecular complexity index is 155. The lowest BCUT2D eigenvalue weighted by atomic mass is 10.1. The second-order valence-corrected chi connectivity index (χ2v) is 5.26. The second kappa shape index (κ2) is 7.24. The molecule has 0 heterocycles. The van der Waals surface area contributed by atoms with Gasteiger partial charge >= 0.3 is 0 Å². The summed E-state index contributed by atoms with van der Waals surface area (Å²) in [4.78, 5) is 2.48. The number of rotatable bonds is 9. The summed E-state index contributed by atoms with van der Waals surface area (Å²) in [6.45, 7) is 8.32. The molecule has 0 radical (unpaired) electrons. The quantitative estimate of drug-likeness (QED) is 0.591. The molecule has 1 atom stereocenters. The van der Waals surface area contributed by atoms with E-state index in [1.807, 2.05) is 0 Å². The summed E-state index contributed by atoms with van der Waals surface area (Å²) in [7, 11) is 2.25. The van der Waals surface area contributed by atoms with Gasteiger partial charge in [-0.2, -0.15) is 0 Å². The first-order chi connectivity index (χ1) is 7.22. The maximum absolute atomic E-state index is 3.60. The monoisotopic (exact) mass is 212 g/mol. The fourth-order valence-corrected chi connectivity index (χ4v) is 1.97. The third-order valence-corrected chi connectivity index (χ3v) is 3.10. The minimum absolute atomic E-state index is 0.789. The van der Waals surface area contributed by atoms with Gasteiger partial charge in [0.05, 0.1) is 0 Å². The summed E-state index contributed by atoms with van der Waals surface area (Å²) in [5, 5.41) is 3.60. The van der Waals surface area contributed by atoms with Crippen molar-refractivity contribution in [2.24, 2.45) is 5.92 Å². The van der Waals surface area contributed by atoms with Crippen LogP contribution in [0.2, 0.25) is 0 Å². The number of nitrogens with one attached hydrogen (secondary N) is 1. The molecule has 1 fully saturated rings. The Morgan fingerprint density at radius 3 is 2.67 bits per heavy atom. The molecule has 2 heteroatoms. The highest BCUT2D eigenvalue weighted by atomic mass is 15.1. The molecule has 0 aromatic carbocycles. The highest BCUT2D eigenvalue weighted by Gasteiger charge is 2.20. The molecule has 0 aliphatic heterocycles. The highest BCUT2D eigenvalue weighted by molar-refractivity contribution is 4.81. The van der Waals surface area contributed by atoms with Crippen LogP contribution in [0.5, 0.6) is 0 Å². The van der Waals surface area contributed by atoms with Crippen LogP contribution in [0, 0.1) is 5.92 Å². The van der Waals surface area contributed by atoms with Crippen molar-refractivity contribution in [3.63, 3.8) is 0 Å². The Morgan fingerprint density at radius 1 is 1.33 bits per heavy atom. The van der Waals surface area contributed by atoms with Crippen molar-refractivity contribution >= 4 is 0 Å². The molecule has 0 amide bonds. The van der Waals surface area contributed by atoms with Crippen LogP contribution in [-0.2, 0) is 0 Å². The van der Waals surface area contributed by atoms with E-state index in [0.717, 1.165) is 12.0 Å². The zero-order valence-corrected chi connectivity index (χ0v) is 10.8. The van der Waals surface area contributed by atoms with E-state index in [9.17, 15) is 0 Å². The van der Waals surface area contributed by atoms with Gasteiger partial charge in [-0.3, -0.25) is 0 Å². The van der Waals surface area contributed by atoms with Crippen molar-refractivity contribution < 1.29 is 0 Å². The van der Waals surface area contributed by atoms with Crippen molar-refractivity contribution in [3.05, 3.63) is 0 Å². The van der Waals surface area contributed by atoms with Crippen molar-refractivity contribution in [1.29, 1.82) is 0 Å². The summed E-state index contributed by atoms with van der Waals surface area (Å²) in [5.74, 6) is 0.789. The fourth-order valence-electron chi connectivity index (χ4n) is 1.97. The first-order valence-corrected chi connectivity index (χ1v) is 6.64. The van der Waals surface area contributed by atoms with E-state index < -0.39 is 0 Å². The normalized spacial score (nSPS) is 18.4. The zero-order valence-electron chi connectivity index (χ0n) is 10.8. The Balaban J connectivity index is 1.94. The van der Waals surface area contributed by atoms with Gasteiger partial charge in [0.15, 0.2) is 0 Å². The van der Waals surface area contributed by atoms with Gasteiger partial charge in [-0.05, 0) is 45.3 Å². The minimum atomic E-state index is 0.789. The van der Waals surface area contributed by atoms with Crippen LogP contribution in [0.1, 0.15) is 46.0 Å². The van der Waals surface area contributed by atoms with Gasteiger partial charge in [-0.25, -0.2) is 0 Å². The van der Waals surface area contributed by atoms with Gasteiger partial charge in [0.1, 0.15) is 0 Å².